The van der Waals surface area contributed by atoms with Gasteiger partial charge in [0.15, 0.2) is 5.82 Å². The Labute approximate surface area is 108 Å². The van der Waals surface area contributed by atoms with Gasteiger partial charge in [0.25, 0.3) is 0 Å². The monoisotopic (exact) mass is 257 g/mol. The molecule has 98 valence electrons. The Morgan fingerprint density at radius 3 is 2.76 bits per heavy atom. The normalized spacial score (nSPS) is 13.2. The molecular formula is C12H23N3OS. The summed E-state index contributed by atoms with van der Waals surface area (Å²) in [5.74, 6) is 4.75. The summed E-state index contributed by atoms with van der Waals surface area (Å²) >= 11 is 1.85. The topological polar surface area (TPSA) is 64.9 Å². The molecule has 0 bridgehead atoms. The molecule has 0 aliphatic rings. The molecule has 0 aliphatic heterocycles. The molecule has 5 heteroatoms. The van der Waals surface area contributed by atoms with E-state index in [9.17, 15) is 0 Å². The highest BCUT2D eigenvalue weighted by atomic mass is 32.2. The minimum Gasteiger partial charge on any atom is -0.339 e. The first-order chi connectivity index (χ1) is 8.11. The molecular weight excluding hydrogens is 234 g/mol. The van der Waals surface area contributed by atoms with Gasteiger partial charge in [0.05, 0.1) is 5.75 Å². The maximum atomic E-state index is 5.57. The van der Waals surface area contributed by atoms with Crippen LogP contribution in [0.4, 0.5) is 0 Å². The van der Waals surface area contributed by atoms with Crippen molar-refractivity contribution in [1.29, 1.82) is 0 Å². The van der Waals surface area contributed by atoms with E-state index in [-0.39, 0.29) is 0 Å². The smallest absolute Gasteiger partial charge is 0.226 e. The van der Waals surface area contributed by atoms with Gasteiger partial charge in [-0.1, -0.05) is 25.9 Å². The van der Waals surface area contributed by atoms with Crippen LogP contribution in [0.1, 0.15) is 38.9 Å². The van der Waals surface area contributed by atoms with Crippen molar-refractivity contribution in [3.05, 3.63) is 11.7 Å². The molecule has 0 aliphatic carbocycles. The van der Waals surface area contributed by atoms with Crippen LogP contribution in [0, 0.1) is 11.8 Å². The van der Waals surface area contributed by atoms with Crippen LogP contribution in [0.2, 0.25) is 0 Å². The largest absolute Gasteiger partial charge is 0.339 e. The fourth-order valence-corrected chi connectivity index (χ4v) is 2.21. The van der Waals surface area contributed by atoms with E-state index in [1.807, 2.05) is 11.8 Å². The summed E-state index contributed by atoms with van der Waals surface area (Å²) < 4.78 is 5.20. The van der Waals surface area contributed by atoms with Crippen molar-refractivity contribution < 1.29 is 4.52 Å². The summed E-state index contributed by atoms with van der Waals surface area (Å²) in [6.07, 6.45) is 1.84. The Balaban J connectivity index is 2.27. The number of hydrogen-bond acceptors (Lipinski definition) is 5. The second kappa shape index (κ2) is 7.71. The second-order valence-electron chi connectivity index (χ2n) is 4.89. The Hall–Kier alpha value is -0.550. The summed E-state index contributed by atoms with van der Waals surface area (Å²) in [4.78, 5) is 4.37. The maximum Gasteiger partial charge on any atom is 0.226 e. The van der Waals surface area contributed by atoms with E-state index in [1.165, 1.54) is 0 Å². The molecule has 0 fully saturated rings. The molecule has 0 spiro atoms. The van der Waals surface area contributed by atoms with E-state index >= 15 is 0 Å². The summed E-state index contributed by atoms with van der Waals surface area (Å²) in [5, 5.41) is 3.98. The highest BCUT2D eigenvalue weighted by Crippen LogP contribution is 2.14. The molecule has 0 amide bonds. The number of nitrogens with two attached hydrogens (primary N) is 1. The molecule has 1 rings (SSSR count). The van der Waals surface area contributed by atoms with E-state index < -0.39 is 0 Å². The van der Waals surface area contributed by atoms with Gasteiger partial charge in [0.1, 0.15) is 0 Å². The quantitative estimate of drug-likeness (QED) is 0.775. The van der Waals surface area contributed by atoms with Crippen molar-refractivity contribution in [3.8, 4) is 0 Å². The first-order valence-corrected chi connectivity index (χ1v) is 7.36. The molecule has 1 aromatic heterocycles. The van der Waals surface area contributed by atoms with Gasteiger partial charge in [-0.3, -0.25) is 0 Å². The Morgan fingerprint density at radius 1 is 1.35 bits per heavy atom. The zero-order chi connectivity index (χ0) is 12.7. The number of aromatic nitrogens is 2. The van der Waals surface area contributed by atoms with Gasteiger partial charge in [-0.25, -0.2) is 0 Å². The third-order valence-corrected chi connectivity index (χ3v) is 3.81. The Bertz CT molecular complexity index is 314. The average molecular weight is 257 g/mol. The number of hydrogen-bond donors (Lipinski definition) is 1. The minimum atomic E-state index is 0.515. The van der Waals surface area contributed by atoms with Crippen LogP contribution in [0.25, 0.3) is 0 Å². The summed E-state index contributed by atoms with van der Waals surface area (Å²) in [7, 11) is 0. The number of nitrogens with zero attached hydrogens (tertiary/aromatic N) is 2. The summed E-state index contributed by atoms with van der Waals surface area (Å²) in [6, 6.07) is 0. The second-order valence-corrected chi connectivity index (χ2v) is 5.92. The fraction of sp³-hybridized carbons (Fsp3) is 0.833. The Morgan fingerprint density at radius 2 is 2.12 bits per heavy atom. The lowest BCUT2D eigenvalue weighted by atomic mass is 10.1. The Kier molecular flexibility index (Phi) is 6.58. The van der Waals surface area contributed by atoms with Crippen molar-refractivity contribution in [2.45, 2.75) is 39.4 Å². The highest BCUT2D eigenvalue weighted by Gasteiger charge is 2.08. The molecule has 0 saturated carbocycles. The highest BCUT2D eigenvalue weighted by molar-refractivity contribution is 7.98. The molecule has 0 saturated heterocycles. The molecule has 0 radical (unpaired) electrons. The van der Waals surface area contributed by atoms with Crippen LogP contribution in [0.5, 0.6) is 0 Å². The van der Waals surface area contributed by atoms with Gasteiger partial charge in [-0.15, -0.1) is 0 Å². The van der Waals surface area contributed by atoms with Gasteiger partial charge in [0.2, 0.25) is 5.89 Å². The molecule has 17 heavy (non-hydrogen) atoms. The standard InChI is InChI=1S/C12H23N3OS/c1-9(2)7-17-8-11-14-12(16-15-11)5-4-10(3)6-13/h9-10H,4-8,13H2,1-3H3. The lowest BCUT2D eigenvalue weighted by Gasteiger charge is -2.04. The first kappa shape index (κ1) is 14.5. The zero-order valence-corrected chi connectivity index (χ0v) is 11.8. The van der Waals surface area contributed by atoms with Crippen molar-refractivity contribution >= 4 is 11.8 Å². The maximum absolute atomic E-state index is 5.57. The molecule has 1 unspecified atom stereocenters. The SMILES string of the molecule is CC(C)CSCc1noc(CCC(C)CN)n1. The molecule has 2 N–H and O–H groups in total. The van der Waals surface area contributed by atoms with E-state index in [0.29, 0.717) is 18.4 Å². The summed E-state index contributed by atoms with van der Waals surface area (Å²) in [6.45, 7) is 7.27. The van der Waals surface area contributed by atoms with Crippen molar-refractivity contribution in [2.75, 3.05) is 12.3 Å². The van der Waals surface area contributed by atoms with Crippen LogP contribution in [0.3, 0.4) is 0 Å². The summed E-state index contributed by atoms with van der Waals surface area (Å²) in [5.41, 5.74) is 5.57. The third-order valence-electron chi connectivity index (χ3n) is 2.45. The van der Waals surface area contributed by atoms with Crippen molar-refractivity contribution in [2.24, 2.45) is 17.6 Å². The van der Waals surface area contributed by atoms with Gasteiger partial charge < -0.3 is 10.3 Å². The van der Waals surface area contributed by atoms with Gasteiger partial charge in [0, 0.05) is 6.42 Å². The number of aryl methyl sites for hydroxylation is 1. The minimum absolute atomic E-state index is 0.515. The van der Waals surface area contributed by atoms with Crippen molar-refractivity contribution in [1.82, 2.24) is 10.1 Å². The van der Waals surface area contributed by atoms with Gasteiger partial charge in [-0.2, -0.15) is 16.7 Å². The molecule has 0 aromatic carbocycles. The van der Waals surface area contributed by atoms with E-state index in [2.05, 4.69) is 30.9 Å². The fourth-order valence-electron chi connectivity index (χ4n) is 1.32. The van der Waals surface area contributed by atoms with E-state index in [1.54, 1.807) is 0 Å². The molecule has 1 aromatic rings. The molecule has 1 heterocycles. The average Bonchev–Trinajstić information content (AvgIpc) is 2.73. The van der Waals surface area contributed by atoms with Gasteiger partial charge >= 0.3 is 0 Å². The first-order valence-electron chi connectivity index (χ1n) is 6.21. The number of rotatable bonds is 8. The van der Waals surface area contributed by atoms with Gasteiger partial charge in [-0.05, 0) is 30.6 Å². The lowest BCUT2D eigenvalue weighted by Crippen LogP contribution is -2.11. The van der Waals surface area contributed by atoms with Crippen LogP contribution in [-0.4, -0.2) is 22.4 Å². The van der Waals surface area contributed by atoms with Crippen LogP contribution in [0.15, 0.2) is 4.52 Å². The van der Waals surface area contributed by atoms with E-state index in [0.717, 1.165) is 36.1 Å². The van der Waals surface area contributed by atoms with E-state index in [4.69, 9.17) is 10.3 Å². The predicted molar refractivity (Wildman–Crippen MR) is 71.8 cm³/mol. The molecule has 1 atom stereocenters. The zero-order valence-electron chi connectivity index (χ0n) is 11.0. The molecule has 4 nitrogen and oxygen atoms in total. The van der Waals surface area contributed by atoms with Crippen LogP contribution in [-0.2, 0) is 12.2 Å². The number of thioether (sulfide) groups is 1. The lowest BCUT2D eigenvalue weighted by molar-refractivity contribution is 0.362. The van der Waals surface area contributed by atoms with Crippen LogP contribution < -0.4 is 5.73 Å². The van der Waals surface area contributed by atoms with Crippen LogP contribution >= 0.6 is 11.8 Å². The predicted octanol–water partition coefficient (Wildman–Crippen LogP) is 2.49. The third kappa shape index (κ3) is 6.07. The van der Waals surface area contributed by atoms with Crippen molar-refractivity contribution in [3.63, 3.8) is 0 Å².